The lowest BCUT2D eigenvalue weighted by Gasteiger charge is -2.04. The van der Waals surface area contributed by atoms with Crippen LogP contribution in [0, 0.1) is 0 Å². The van der Waals surface area contributed by atoms with Crippen molar-refractivity contribution in [1.29, 1.82) is 0 Å². The number of amides is 1. The van der Waals surface area contributed by atoms with Crippen molar-refractivity contribution in [3.05, 3.63) is 46.2 Å². The number of thioether (sulfide) groups is 1. The number of anilines is 1. The van der Waals surface area contributed by atoms with Crippen LogP contribution in [0.25, 0.3) is 0 Å². The van der Waals surface area contributed by atoms with Gasteiger partial charge in [-0.05, 0) is 42.7 Å². The smallest absolute Gasteiger partial charge is 0.348 e. The Bertz CT molecular complexity index is 620. The van der Waals surface area contributed by atoms with Gasteiger partial charge in [0, 0.05) is 10.6 Å². The van der Waals surface area contributed by atoms with Crippen molar-refractivity contribution >= 4 is 40.7 Å². The van der Waals surface area contributed by atoms with Crippen molar-refractivity contribution in [2.75, 3.05) is 18.7 Å². The number of carbonyl (C=O) groups excluding carboxylic acids is 2. The van der Waals surface area contributed by atoms with Crippen LogP contribution in [0.3, 0.4) is 0 Å². The molecule has 20 heavy (non-hydrogen) atoms. The Morgan fingerprint density at radius 2 is 1.75 bits per heavy atom. The predicted molar refractivity (Wildman–Crippen MR) is 81.8 cm³/mol. The van der Waals surface area contributed by atoms with Crippen LogP contribution in [-0.2, 0) is 4.74 Å². The number of rotatable bonds is 4. The van der Waals surface area contributed by atoms with E-state index in [9.17, 15) is 9.59 Å². The molecule has 0 fully saturated rings. The molecular formula is C14H13NO3S2. The Hall–Kier alpha value is -1.79. The van der Waals surface area contributed by atoms with Crippen molar-refractivity contribution in [3.8, 4) is 0 Å². The number of nitrogens with one attached hydrogen (secondary N) is 1. The van der Waals surface area contributed by atoms with Crippen LogP contribution in [0.1, 0.15) is 19.3 Å². The van der Waals surface area contributed by atoms with E-state index in [0.29, 0.717) is 9.75 Å². The van der Waals surface area contributed by atoms with Gasteiger partial charge in [-0.1, -0.05) is 0 Å². The highest BCUT2D eigenvalue weighted by atomic mass is 32.2. The molecule has 1 aromatic carbocycles. The quantitative estimate of drug-likeness (QED) is 0.694. The third-order valence-corrected chi connectivity index (χ3v) is 4.37. The maximum absolute atomic E-state index is 12.0. The van der Waals surface area contributed by atoms with Gasteiger partial charge in [0.25, 0.3) is 5.91 Å². The Kier molecular flexibility index (Phi) is 4.81. The minimum Gasteiger partial charge on any atom is -0.465 e. The molecule has 1 amide bonds. The summed E-state index contributed by atoms with van der Waals surface area (Å²) < 4.78 is 4.61. The fourth-order valence-corrected chi connectivity index (χ4v) is 2.76. The van der Waals surface area contributed by atoms with E-state index in [1.165, 1.54) is 7.11 Å². The first-order valence-corrected chi connectivity index (χ1v) is 7.81. The number of hydrogen-bond acceptors (Lipinski definition) is 5. The second-order valence-electron chi connectivity index (χ2n) is 3.84. The van der Waals surface area contributed by atoms with E-state index in [4.69, 9.17) is 0 Å². The summed E-state index contributed by atoms with van der Waals surface area (Å²) in [7, 11) is 1.31. The second-order valence-corrected chi connectivity index (χ2v) is 5.80. The third-order valence-electron chi connectivity index (χ3n) is 2.56. The number of methoxy groups -OCH3 is 1. The minimum atomic E-state index is -0.432. The van der Waals surface area contributed by atoms with Crippen molar-refractivity contribution in [1.82, 2.24) is 0 Å². The normalized spacial score (nSPS) is 10.1. The highest BCUT2D eigenvalue weighted by molar-refractivity contribution is 7.98. The Morgan fingerprint density at radius 3 is 2.35 bits per heavy atom. The Labute approximate surface area is 125 Å². The van der Waals surface area contributed by atoms with Crippen molar-refractivity contribution in [2.45, 2.75) is 4.90 Å². The maximum atomic E-state index is 12.0. The summed E-state index contributed by atoms with van der Waals surface area (Å²) in [4.78, 5) is 25.4. The molecule has 0 saturated heterocycles. The molecule has 1 N–H and O–H groups in total. The van der Waals surface area contributed by atoms with Gasteiger partial charge in [0.05, 0.1) is 12.0 Å². The largest absolute Gasteiger partial charge is 0.465 e. The SMILES string of the molecule is COC(=O)c1ccc(C(=O)Nc2ccc(SC)cc2)s1. The highest BCUT2D eigenvalue weighted by Crippen LogP contribution is 2.21. The van der Waals surface area contributed by atoms with Crippen LogP contribution in [0.2, 0.25) is 0 Å². The van der Waals surface area contributed by atoms with Crippen molar-refractivity contribution in [3.63, 3.8) is 0 Å². The number of esters is 1. The molecule has 0 saturated carbocycles. The number of thiophene rings is 1. The summed E-state index contributed by atoms with van der Waals surface area (Å²) >= 11 is 2.75. The summed E-state index contributed by atoms with van der Waals surface area (Å²) in [5.41, 5.74) is 0.723. The molecule has 0 spiro atoms. The van der Waals surface area contributed by atoms with Gasteiger partial charge in [0.15, 0.2) is 0 Å². The molecule has 1 aromatic heterocycles. The van der Waals surface area contributed by atoms with Crippen molar-refractivity contribution < 1.29 is 14.3 Å². The third kappa shape index (κ3) is 3.40. The Morgan fingerprint density at radius 1 is 1.10 bits per heavy atom. The lowest BCUT2D eigenvalue weighted by molar-refractivity contribution is 0.0606. The highest BCUT2D eigenvalue weighted by Gasteiger charge is 2.14. The lowest BCUT2D eigenvalue weighted by atomic mass is 10.3. The van der Waals surface area contributed by atoms with E-state index >= 15 is 0 Å². The molecule has 4 nitrogen and oxygen atoms in total. The van der Waals surface area contributed by atoms with E-state index in [0.717, 1.165) is 21.9 Å². The standard InChI is InChI=1S/C14H13NO3S2/c1-18-14(17)12-8-7-11(20-12)13(16)15-9-3-5-10(19-2)6-4-9/h3-8H,1-2H3,(H,15,16). The van der Waals surface area contributed by atoms with E-state index in [-0.39, 0.29) is 5.91 Å². The van der Waals surface area contributed by atoms with Crippen molar-refractivity contribution in [2.24, 2.45) is 0 Å². The molecule has 104 valence electrons. The van der Waals surface area contributed by atoms with Gasteiger partial charge in [0.2, 0.25) is 0 Å². The minimum absolute atomic E-state index is 0.234. The van der Waals surface area contributed by atoms with Crippen LogP contribution in [0.4, 0.5) is 5.69 Å². The van der Waals surface area contributed by atoms with Crippen LogP contribution >= 0.6 is 23.1 Å². The van der Waals surface area contributed by atoms with Crippen LogP contribution in [0.5, 0.6) is 0 Å². The first-order chi connectivity index (χ1) is 9.63. The van der Waals surface area contributed by atoms with E-state index in [2.05, 4.69) is 10.1 Å². The first kappa shape index (κ1) is 14.6. The molecule has 1 heterocycles. The molecule has 0 aliphatic carbocycles. The van der Waals surface area contributed by atoms with Gasteiger partial charge in [-0.25, -0.2) is 4.79 Å². The number of ether oxygens (including phenoxy) is 1. The summed E-state index contributed by atoms with van der Waals surface area (Å²) in [6, 6.07) is 10.8. The zero-order valence-electron chi connectivity index (χ0n) is 11.0. The average molecular weight is 307 g/mol. The molecule has 0 aliphatic rings. The maximum Gasteiger partial charge on any atom is 0.348 e. The second kappa shape index (κ2) is 6.58. The molecule has 2 rings (SSSR count). The topological polar surface area (TPSA) is 55.4 Å². The summed E-state index contributed by atoms with van der Waals surface area (Å²) in [5.74, 6) is -0.666. The molecule has 0 atom stereocenters. The number of carbonyl (C=O) groups is 2. The van der Waals surface area contributed by atoms with Gasteiger partial charge >= 0.3 is 5.97 Å². The fourth-order valence-electron chi connectivity index (χ4n) is 1.54. The van der Waals surface area contributed by atoms with Gasteiger partial charge in [-0.15, -0.1) is 23.1 Å². The Balaban J connectivity index is 2.07. The van der Waals surface area contributed by atoms with Gasteiger partial charge in [-0.2, -0.15) is 0 Å². The lowest BCUT2D eigenvalue weighted by Crippen LogP contribution is -2.09. The first-order valence-electron chi connectivity index (χ1n) is 5.77. The van der Waals surface area contributed by atoms with Gasteiger partial charge < -0.3 is 10.1 Å². The molecule has 0 unspecified atom stereocenters. The number of benzene rings is 1. The zero-order chi connectivity index (χ0) is 14.5. The van der Waals surface area contributed by atoms with Crippen LogP contribution < -0.4 is 5.32 Å². The summed E-state index contributed by atoms with van der Waals surface area (Å²) in [6.07, 6.45) is 1.99. The summed E-state index contributed by atoms with van der Waals surface area (Å²) in [5, 5.41) is 2.79. The zero-order valence-corrected chi connectivity index (χ0v) is 12.6. The molecular weight excluding hydrogens is 294 g/mol. The van der Waals surface area contributed by atoms with Crippen LogP contribution in [-0.4, -0.2) is 25.2 Å². The molecule has 6 heteroatoms. The number of hydrogen-bond donors (Lipinski definition) is 1. The van der Waals surface area contributed by atoms with E-state index in [1.54, 1.807) is 23.9 Å². The van der Waals surface area contributed by atoms with E-state index < -0.39 is 5.97 Å². The molecule has 0 radical (unpaired) electrons. The van der Waals surface area contributed by atoms with Gasteiger partial charge in [0.1, 0.15) is 4.88 Å². The molecule has 2 aromatic rings. The fraction of sp³-hybridized carbons (Fsp3) is 0.143. The molecule has 0 bridgehead atoms. The summed E-state index contributed by atoms with van der Waals surface area (Å²) in [6.45, 7) is 0. The average Bonchev–Trinajstić information content (AvgIpc) is 2.97. The van der Waals surface area contributed by atoms with E-state index in [1.807, 2.05) is 30.5 Å². The molecule has 0 aliphatic heterocycles. The monoisotopic (exact) mass is 307 g/mol. The predicted octanol–water partition coefficient (Wildman–Crippen LogP) is 3.51. The van der Waals surface area contributed by atoms with Gasteiger partial charge in [-0.3, -0.25) is 4.79 Å². The van der Waals surface area contributed by atoms with Crippen LogP contribution in [0.15, 0.2) is 41.3 Å².